The van der Waals surface area contributed by atoms with Crippen molar-refractivity contribution in [3.8, 4) is 11.5 Å². The van der Waals surface area contributed by atoms with Crippen molar-refractivity contribution in [2.24, 2.45) is 4.99 Å². The van der Waals surface area contributed by atoms with Crippen LogP contribution in [0.15, 0.2) is 29.3 Å². The summed E-state index contributed by atoms with van der Waals surface area (Å²) in [6.45, 7) is 8.97. The average molecular weight is 530 g/mol. The van der Waals surface area contributed by atoms with Gasteiger partial charge in [-0.25, -0.2) is 0 Å². The average Bonchev–Trinajstić information content (AvgIpc) is 3.32. The molecule has 3 heterocycles. The van der Waals surface area contributed by atoms with Gasteiger partial charge in [0.1, 0.15) is 12.7 Å². The Bertz CT molecular complexity index is 691. The quantitative estimate of drug-likeness (QED) is 0.335. The Morgan fingerprint density at radius 3 is 2.60 bits per heavy atom. The Hall–Kier alpha value is -1.26. The highest BCUT2D eigenvalue weighted by Gasteiger charge is 2.39. The van der Waals surface area contributed by atoms with Gasteiger partial charge < -0.3 is 24.8 Å². The fourth-order valence-electron chi connectivity index (χ4n) is 4.46. The van der Waals surface area contributed by atoms with Crippen molar-refractivity contribution < 1.29 is 14.2 Å². The van der Waals surface area contributed by atoms with Crippen LogP contribution in [0.3, 0.4) is 0 Å². The lowest BCUT2D eigenvalue weighted by Gasteiger charge is -2.43. The molecule has 0 saturated carbocycles. The van der Waals surface area contributed by atoms with Crippen LogP contribution in [-0.2, 0) is 4.74 Å². The van der Waals surface area contributed by atoms with Gasteiger partial charge in [0.05, 0.1) is 13.1 Å². The second-order valence-electron chi connectivity index (χ2n) is 8.10. The normalized spacial score (nSPS) is 23.5. The molecule has 0 aliphatic carbocycles. The number of ether oxygens (including phenoxy) is 3. The molecule has 30 heavy (non-hydrogen) atoms. The van der Waals surface area contributed by atoms with Crippen molar-refractivity contribution in [2.45, 2.75) is 44.2 Å². The molecular formula is C22H35IN4O3. The van der Waals surface area contributed by atoms with Crippen molar-refractivity contribution in [2.75, 3.05) is 52.5 Å². The number of hydrogen-bond acceptors (Lipinski definition) is 5. The molecule has 1 aromatic carbocycles. The van der Waals surface area contributed by atoms with E-state index < -0.39 is 0 Å². The van der Waals surface area contributed by atoms with Crippen molar-refractivity contribution in [3.05, 3.63) is 24.3 Å². The molecule has 1 aromatic rings. The van der Waals surface area contributed by atoms with E-state index in [1.54, 1.807) is 0 Å². The van der Waals surface area contributed by atoms with Crippen molar-refractivity contribution in [1.29, 1.82) is 0 Å². The van der Waals surface area contributed by atoms with Crippen LogP contribution in [0.25, 0.3) is 0 Å². The summed E-state index contributed by atoms with van der Waals surface area (Å²) in [5, 5.41) is 6.83. The molecule has 168 valence electrons. The zero-order valence-corrected chi connectivity index (χ0v) is 20.2. The largest absolute Gasteiger partial charge is 0.486 e. The van der Waals surface area contributed by atoms with Crippen LogP contribution >= 0.6 is 24.0 Å². The Morgan fingerprint density at radius 1 is 1.13 bits per heavy atom. The van der Waals surface area contributed by atoms with E-state index in [0.29, 0.717) is 13.2 Å². The smallest absolute Gasteiger partial charge is 0.191 e. The van der Waals surface area contributed by atoms with Crippen LogP contribution in [0, 0.1) is 0 Å². The molecule has 1 atom stereocenters. The summed E-state index contributed by atoms with van der Waals surface area (Å²) in [5.74, 6) is 2.47. The van der Waals surface area contributed by atoms with Crippen molar-refractivity contribution in [1.82, 2.24) is 15.5 Å². The molecule has 3 aliphatic heterocycles. The van der Waals surface area contributed by atoms with Gasteiger partial charge in [0, 0.05) is 25.3 Å². The summed E-state index contributed by atoms with van der Waals surface area (Å²) in [5.41, 5.74) is 0.139. The number of guanidine groups is 1. The predicted octanol–water partition coefficient (Wildman–Crippen LogP) is 2.64. The number of likely N-dealkylation sites (tertiary alicyclic amines) is 1. The lowest BCUT2D eigenvalue weighted by atomic mass is 9.88. The van der Waals surface area contributed by atoms with Crippen LogP contribution in [0.2, 0.25) is 0 Å². The fourth-order valence-corrected chi connectivity index (χ4v) is 4.46. The molecular weight excluding hydrogens is 495 g/mol. The number of hydrogen-bond donors (Lipinski definition) is 2. The summed E-state index contributed by atoms with van der Waals surface area (Å²) in [6, 6.07) is 7.82. The van der Waals surface area contributed by atoms with E-state index in [-0.39, 0.29) is 35.6 Å². The zero-order chi connectivity index (χ0) is 19.9. The summed E-state index contributed by atoms with van der Waals surface area (Å²) < 4.78 is 17.5. The molecule has 4 rings (SSSR count). The van der Waals surface area contributed by atoms with E-state index in [1.165, 1.54) is 25.9 Å². The summed E-state index contributed by atoms with van der Waals surface area (Å²) >= 11 is 0. The van der Waals surface area contributed by atoms with E-state index in [9.17, 15) is 0 Å². The minimum atomic E-state index is -0.0376. The van der Waals surface area contributed by atoms with Gasteiger partial charge in [-0.15, -0.1) is 24.0 Å². The number of halogens is 1. The maximum Gasteiger partial charge on any atom is 0.191 e. The molecule has 2 N–H and O–H groups in total. The van der Waals surface area contributed by atoms with Crippen LogP contribution in [-0.4, -0.2) is 75.0 Å². The first-order valence-electron chi connectivity index (χ1n) is 11.0. The molecule has 0 aromatic heterocycles. The Balaban J connectivity index is 0.00000256. The number of rotatable bonds is 6. The molecule has 0 radical (unpaired) electrons. The number of nitrogens with zero attached hydrogens (tertiary/aromatic N) is 2. The maximum atomic E-state index is 6.06. The molecule has 8 heteroatoms. The first-order valence-corrected chi connectivity index (χ1v) is 11.0. The third kappa shape index (κ3) is 5.70. The maximum absolute atomic E-state index is 6.06. The minimum Gasteiger partial charge on any atom is -0.486 e. The molecule has 0 amide bonds. The minimum absolute atomic E-state index is 0. The van der Waals surface area contributed by atoms with Gasteiger partial charge in [-0.1, -0.05) is 12.1 Å². The first kappa shape index (κ1) is 23.4. The standard InChI is InChI=1S/C22H34N4O3.HI/c1-2-23-21(24-15-18-16-28-19-7-3-4-8-20(19)29-18)25-17-22(9-13-27-14-10-22)26-11-5-6-12-26;/h3-4,7-8,18H,2,5-6,9-17H2,1H3,(H2,23,24,25);1H. The Kier molecular flexibility index (Phi) is 8.88. The Morgan fingerprint density at radius 2 is 1.87 bits per heavy atom. The second kappa shape index (κ2) is 11.4. The van der Waals surface area contributed by atoms with E-state index >= 15 is 0 Å². The van der Waals surface area contributed by atoms with Gasteiger partial charge in [-0.2, -0.15) is 0 Å². The van der Waals surface area contributed by atoms with Gasteiger partial charge in [0.25, 0.3) is 0 Å². The van der Waals surface area contributed by atoms with Crippen molar-refractivity contribution >= 4 is 29.9 Å². The molecule has 7 nitrogen and oxygen atoms in total. The van der Waals surface area contributed by atoms with Gasteiger partial charge in [0.15, 0.2) is 17.5 Å². The topological polar surface area (TPSA) is 67.4 Å². The third-order valence-electron chi connectivity index (χ3n) is 6.14. The summed E-state index contributed by atoms with van der Waals surface area (Å²) in [6.07, 6.45) is 4.68. The zero-order valence-electron chi connectivity index (χ0n) is 17.9. The number of aliphatic imine (C=N–C) groups is 1. The summed E-state index contributed by atoms with van der Waals surface area (Å²) in [7, 11) is 0. The van der Waals surface area contributed by atoms with Gasteiger partial charge in [0.2, 0.25) is 0 Å². The number of nitrogens with one attached hydrogen (secondary N) is 2. The molecule has 0 bridgehead atoms. The van der Waals surface area contributed by atoms with E-state index in [2.05, 4.69) is 22.5 Å². The van der Waals surface area contributed by atoms with Crippen molar-refractivity contribution in [3.63, 3.8) is 0 Å². The number of fused-ring (bicyclic) bond motifs is 1. The second-order valence-corrected chi connectivity index (χ2v) is 8.10. The van der Waals surface area contributed by atoms with Gasteiger partial charge >= 0.3 is 0 Å². The predicted molar refractivity (Wildman–Crippen MR) is 129 cm³/mol. The van der Waals surface area contributed by atoms with Crippen LogP contribution in [0.4, 0.5) is 0 Å². The van der Waals surface area contributed by atoms with Crippen LogP contribution in [0.5, 0.6) is 11.5 Å². The molecule has 1 unspecified atom stereocenters. The number of para-hydroxylation sites is 2. The summed E-state index contributed by atoms with van der Waals surface area (Å²) in [4.78, 5) is 7.63. The van der Waals surface area contributed by atoms with E-state index in [0.717, 1.165) is 56.6 Å². The highest BCUT2D eigenvalue weighted by Crippen LogP contribution is 2.32. The first-order chi connectivity index (χ1) is 14.3. The molecule has 2 fully saturated rings. The van der Waals surface area contributed by atoms with Gasteiger partial charge in [-0.3, -0.25) is 9.89 Å². The van der Waals surface area contributed by atoms with Crippen LogP contribution in [0.1, 0.15) is 32.6 Å². The fraction of sp³-hybridized carbons (Fsp3) is 0.682. The van der Waals surface area contributed by atoms with Crippen LogP contribution < -0.4 is 20.1 Å². The SMILES string of the molecule is CCNC(=NCC1(N2CCCC2)CCOCC1)NCC1COc2ccccc2O1.I. The highest BCUT2D eigenvalue weighted by molar-refractivity contribution is 14.0. The van der Waals surface area contributed by atoms with Gasteiger partial charge in [-0.05, 0) is 57.8 Å². The highest BCUT2D eigenvalue weighted by atomic mass is 127. The lowest BCUT2D eigenvalue weighted by molar-refractivity contribution is -0.0139. The molecule has 2 saturated heterocycles. The lowest BCUT2D eigenvalue weighted by Crippen LogP contribution is -2.54. The van der Waals surface area contributed by atoms with E-state index in [4.69, 9.17) is 19.2 Å². The third-order valence-corrected chi connectivity index (χ3v) is 6.14. The number of benzene rings is 1. The Labute approximate surface area is 196 Å². The molecule has 3 aliphatic rings. The monoisotopic (exact) mass is 530 g/mol. The molecule has 0 spiro atoms. The van der Waals surface area contributed by atoms with E-state index in [1.807, 2.05) is 24.3 Å².